The van der Waals surface area contributed by atoms with Crippen molar-refractivity contribution in [1.29, 1.82) is 0 Å². The fourth-order valence-electron chi connectivity index (χ4n) is 10.6. The second kappa shape index (κ2) is 28.6. The fourth-order valence-corrected chi connectivity index (χ4v) is 10.6. The van der Waals surface area contributed by atoms with Crippen LogP contribution >= 0.6 is 0 Å². The molecule has 0 aliphatic heterocycles. The minimum absolute atomic E-state index is 0.0247. The highest BCUT2D eigenvalue weighted by molar-refractivity contribution is 5.85. The van der Waals surface area contributed by atoms with Gasteiger partial charge < -0.3 is 45.0 Å². The number of hydrogen-bond donors (Lipinski definition) is 4. The Bertz CT molecular complexity index is 1400. The molecule has 0 spiro atoms. The van der Waals surface area contributed by atoms with Gasteiger partial charge in [0, 0.05) is 24.2 Å². The fraction of sp³-hybridized carbons (Fsp3) is 0.875. The van der Waals surface area contributed by atoms with E-state index in [1.807, 2.05) is 0 Å². The molecule has 0 bridgehead atoms. The molecule has 0 aromatic rings. The van der Waals surface area contributed by atoms with Crippen LogP contribution in [0.5, 0.6) is 0 Å². The second-order valence-electron chi connectivity index (χ2n) is 18.5. The van der Waals surface area contributed by atoms with E-state index < -0.39 is 42.0 Å². The molecule has 4 N–H and O–H groups in total. The molecule has 4 aliphatic carbocycles. The van der Waals surface area contributed by atoms with Gasteiger partial charge in [0.15, 0.2) is 0 Å². The van der Waals surface area contributed by atoms with Crippen LogP contribution < -0.4 is 21.3 Å². The van der Waals surface area contributed by atoms with Gasteiger partial charge in [-0.1, -0.05) is 0 Å². The Hall–Kier alpha value is -3.30. The van der Waals surface area contributed by atoms with E-state index in [-0.39, 0.29) is 88.3 Å². The summed E-state index contributed by atoms with van der Waals surface area (Å²) >= 11 is 0. The Balaban J connectivity index is 1.13. The Morgan fingerprint density at radius 2 is 0.651 bits per heavy atom. The van der Waals surface area contributed by atoms with Gasteiger partial charge in [-0.05, 0) is 174 Å². The van der Waals surface area contributed by atoms with Crippen molar-refractivity contribution in [3.8, 4) is 0 Å². The van der Waals surface area contributed by atoms with Gasteiger partial charge >= 0.3 is 29.8 Å². The summed E-state index contributed by atoms with van der Waals surface area (Å²) in [4.78, 5) is 75.8. The summed E-state index contributed by atoms with van der Waals surface area (Å²) in [5.41, 5.74) is 0. The van der Waals surface area contributed by atoms with Gasteiger partial charge in [0.05, 0.1) is 52.3 Å². The van der Waals surface area contributed by atoms with Gasteiger partial charge in [-0.2, -0.15) is 0 Å². The lowest BCUT2D eigenvalue weighted by molar-refractivity contribution is -0.152. The van der Waals surface area contributed by atoms with E-state index >= 15 is 0 Å². The zero-order chi connectivity index (χ0) is 45.6. The van der Waals surface area contributed by atoms with Gasteiger partial charge in [0.2, 0.25) is 5.91 Å². The van der Waals surface area contributed by atoms with Crippen LogP contribution in [-0.4, -0.2) is 111 Å². The monoisotopic (exact) mass is 891 g/mol. The predicted octanol–water partition coefficient (Wildman–Crippen LogP) is 5.98. The van der Waals surface area contributed by atoms with Gasteiger partial charge in [-0.25, -0.2) is 0 Å². The van der Waals surface area contributed by atoms with E-state index in [9.17, 15) is 28.8 Å². The first-order valence-electron chi connectivity index (χ1n) is 24.8. The van der Waals surface area contributed by atoms with Crippen LogP contribution in [0.4, 0.5) is 0 Å². The molecule has 63 heavy (non-hydrogen) atoms. The van der Waals surface area contributed by atoms with E-state index in [2.05, 4.69) is 21.3 Å². The topological polar surface area (TPSA) is 197 Å². The molecule has 4 rings (SSSR count). The van der Waals surface area contributed by atoms with Gasteiger partial charge in [-0.3, -0.25) is 28.8 Å². The van der Waals surface area contributed by atoms with E-state index in [1.165, 1.54) is 12.8 Å². The highest BCUT2D eigenvalue weighted by Gasteiger charge is 2.35. The number of esters is 5. The molecule has 0 aromatic heterocycles. The predicted molar refractivity (Wildman–Crippen MR) is 238 cm³/mol. The van der Waals surface area contributed by atoms with E-state index in [0.29, 0.717) is 23.7 Å². The third kappa shape index (κ3) is 19.0. The first-order valence-corrected chi connectivity index (χ1v) is 24.8. The Morgan fingerprint density at radius 1 is 0.381 bits per heavy atom. The molecule has 15 nitrogen and oxygen atoms in total. The summed E-state index contributed by atoms with van der Waals surface area (Å²) in [6, 6.07) is -1.45. The molecule has 0 saturated heterocycles. The lowest BCUT2D eigenvalue weighted by Crippen LogP contribution is -2.49. The van der Waals surface area contributed by atoms with Crippen molar-refractivity contribution < 1.29 is 52.5 Å². The van der Waals surface area contributed by atoms with Gasteiger partial charge in [0.25, 0.3) is 0 Å². The maximum absolute atomic E-state index is 13.4. The van der Waals surface area contributed by atoms with Crippen LogP contribution in [-0.2, 0) is 52.5 Å². The lowest BCUT2D eigenvalue weighted by Gasteiger charge is -2.36. The van der Waals surface area contributed by atoms with Crippen molar-refractivity contribution in [3.05, 3.63) is 0 Å². The number of ether oxygens (including phenoxy) is 5. The lowest BCUT2D eigenvalue weighted by atomic mass is 9.75. The third-order valence-corrected chi connectivity index (χ3v) is 13.9. The van der Waals surface area contributed by atoms with Crippen molar-refractivity contribution in [1.82, 2.24) is 21.3 Å². The molecule has 15 heteroatoms. The summed E-state index contributed by atoms with van der Waals surface area (Å²) < 4.78 is 26.0. The zero-order valence-corrected chi connectivity index (χ0v) is 39.2. The molecular formula is C48H82N4O11. The minimum Gasteiger partial charge on any atom is -0.466 e. The standard InChI is InChI=1S/C48H82N4O11/c1-6-59-44(54)30-41(47(57)62-9-4)50-37-21-13-33(14-22-37)27-32-11-19-36(20-12-32)49-40(46(56)61-8-3)29-43(53)52-39-25-17-35(18-26-39)28-34-15-23-38(24-16-34)51-42(48(58)63-10-5)31-45(55)60-7-2/h32-42,49-51H,6-31H2,1-5H3,(H,52,53). The summed E-state index contributed by atoms with van der Waals surface area (Å²) in [7, 11) is 0. The number of carbonyl (C=O) groups is 6. The quantitative estimate of drug-likeness (QED) is 0.0617. The van der Waals surface area contributed by atoms with Crippen molar-refractivity contribution in [2.45, 2.75) is 212 Å². The zero-order valence-electron chi connectivity index (χ0n) is 39.2. The number of rotatable bonds is 25. The molecule has 0 heterocycles. The molecule has 4 saturated carbocycles. The maximum Gasteiger partial charge on any atom is 0.323 e. The highest BCUT2D eigenvalue weighted by Crippen LogP contribution is 2.37. The molecule has 4 fully saturated rings. The van der Waals surface area contributed by atoms with Crippen molar-refractivity contribution in [2.75, 3.05) is 33.0 Å². The Labute approximate surface area is 377 Å². The average molecular weight is 891 g/mol. The number of hydrogen-bond acceptors (Lipinski definition) is 14. The van der Waals surface area contributed by atoms with Crippen LogP contribution in [0, 0.1) is 23.7 Å². The second-order valence-corrected chi connectivity index (χ2v) is 18.5. The van der Waals surface area contributed by atoms with Crippen LogP contribution in [0.1, 0.15) is 169 Å². The summed E-state index contributed by atoms with van der Waals surface area (Å²) in [5, 5.41) is 13.6. The highest BCUT2D eigenvalue weighted by atomic mass is 16.6. The van der Waals surface area contributed by atoms with E-state index in [0.717, 1.165) is 103 Å². The van der Waals surface area contributed by atoms with Crippen molar-refractivity contribution >= 4 is 35.8 Å². The summed E-state index contributed by atoms with van der Waals surface area (Å²) in [6.45, 7) is 10.2. The van der Waals surface area contributed by atoms with Gasteiger partial charge in [0.1, 0.15) is 18.1 Å². The normalized spacial score (nSPS) is 27.8. The van der Waals surface area contributed by atoms with Crippen LogP contribution in [0.2, 0.25) is 0 Å². The average Bonchev–Trinajstić information content (AvgIpc) is 3.26. The molecule has 0 radical (unpaired) electrons. The van der Waals surface area contributed by atoms with E-state index in [1.54, 1.807) is 34.6 Å². The molecule has 360 valence electrons. The van der Waals surface area contributed by atoms with Gasteiger partial charge in [-0.15, -0.1) is 0 Å². The molecule has 4 aliphatic rings. The largest absolute Gasteiger partial charge is 0.466 e. The SMILES string of the molecule is CCOC(=O)CC(NC1CCC(CC2CCC(NC(=O)CC(NC3CCC(CC4CCC(NC(CC(=O)OCC)C(=O)OCC)CC4)CC3)C(=O)OCC)CC2)CC1)C(=O)OCC. The third-order valence-electron chi connectivity index (χ3n) is 13.9. The van der Waals surface area contributed by atoms with E-state index in [4.69, 9.17) is 23.7 Å². The first-order chi connectivity index (χ1) is 30.4. The van der Waals surface area contributed by atoms with Crippen LogP contribution in [0.15, 0.2) is 0 Å². The van der Waals surface area contributed by atoms with Crippen molar-refractivity contribution in [3.63, 3.8) is 0 Å². The summed E-state index contributed by atoms with van der Waals surface area (Å²) in [6.07, 6.45) is 18.6. The molecular weight excluding hydrogens is 809 g/mol. The maximum atomic E-state index is 13.4. The number of nitrogens with one attached hydrogen (secondary N) is 4. The first kappa shape index (κ1) is 52.3. The number of carbonyl (C=O) groups excluding carboxylic acids is 6. The molecule has 0 aromatic carbocycles. The Morgan fingerprint density at radius 3 is 0.937 bits per heavy atom. The molecule has 3 atom stereocenters. The molecule has 3 unspecified atom stereocenters. The van der Waals surface area contributed by atoms with Crippen molar-refractivity contribution in [2.24, 2.45) is 23.7 Å². The summed E-state index contributed by atoms with van der Waals surface area (Å²) in [5.74, 6) is 0.432. The minimum atomic E-state index is -0.690. The van der Waals surface area contributed by atoms with Crippen LogP contribution in [0.25, 0.3) is 0 Å². The molecule has 1 amide bonds. The number of amides is 1. The van der Waals surface area contributed by atoms with Crippen LogP contribution in [0.3, 0.4) is 0 Å². The smallest absolute Gasteiger partial charge is 0.323 e. The Kier molecular flexibility index (Phi) is 23.7.